The zero-order valence-corrected chi connectivity index (χ0v) is 25.4. The van der Waals surface area contributed by atoms with Crippen LogP contribution in [0.3, 0.4) is 0 Å². The topological polar surface area (TPSA) is 54.5 Å². The highest BCUT2D eigenvalue weighted by atomic mass is 32.1. The van der Waals surface area contributed by atoms with E-state index in [-0.39, 0.29) is 0 Å². The summed E-state index contributed by atoms with van der Waals surface area (Å²) in [5.41, 5.74) is 10.2. The summed E-state index contributed by atoms with van der Waals surface area (Å²) in [4.78, 5) is 10.2. The van der Waals surface area contributed by atoms with Crippen LogP contribution in [0.1, 0.15) is 5.56 Å². The lowest BCUT2D eigenvalue weighted by Crippen LogP contribution is -1.94. The molecule has 0 amide bonds. The molecule has 9 rings (SSSR count). The fraction of sp³-hybridized carbons (Fsp3) is 0. The van der Waals surface area contributed by atoms with E-state index in [1.807, 2.05) is 54.6 Å². The van der Waals surface area contributed by atoms with E-state index in [4.69, 9.17) is 9.97 Å². The molecule has 0 spiro atoms. The van der Waals surface area contributed by atoms with Crippen LogP contribution in [0, 0.1) is 11.3 Å². The average Bonchev–Trinajstić information content (AvgIpc) is 3.67. The van der Waals surface area contributed by atoms with Crippen molar-refractivity contribution in [1.82, 2.24) is 14.5 Å². The van der Waals surface area contributed by atoms with Gasteiger partial charge in [-0.3, -0.25) is 0 Å². The van der Waals surface area contributed by atoms with E-state index in [9.17, 15) is 5.26 Å². The zero-order valence-electron chi connectivity index (χ0n) is 24.6. The predicted molar refractivity (Wildman–Crippen MR) is 190 cm³/mol. The van der Waals surface area contributed by atoms with Gasteiger partial charge in [0.1, 0.15) is 0 Å². The van der Waals surface area contributed by atoms with Crippen molar-refractivity contribution in [3.8, 4) is 45.5 Å². The molecule has 0 saturated carbocycles. The third-order valence-electron chi connectivity index (χ3n) is 8.65. The molecular weight excluding hydrogens is 581 g/mol. The molecule has 0 aliphatic carbocycles. The van der Waals surface area contributed by atoms with E-state index in [0.29, 0.717) is 11.4 Å². The summed E-state index contributed by atoms with van der Waals surface area (Å²) in [6, 6.07) is 52.7. The second-order valence-corrected chi connectivity index (χ2v) is 12.4. The Morgan fingerprint density at radius 3 is 1.93 bits per heavy atom. The fourth-order valence-electron chi connectivity index (χ4n) is 6.46. The Kier molecular flexibility index (Phi) is 6.02. The number of hydrogen-bond donors (Lipinski definition) is 0. The van der Waals surface area contributed by atoms with Crippen molar-refractivity contribution in [2.45, 2.75) is 0 Å². The highest BCUT2D eigenvalue weighted by molar-refractivity contribution is 7.26. The van der Waals surface area contributed by atoms with Crippen LogP contribution < -0.4 is 0 Å². The highest BCUT2D eigenvalue weighted by Gasteiger charge is 2.18. The molecule has 9 aromatic rings. The zero-order chi connectivity index (χ0) is 30.6. The largest absolute Gasteiger partial charge is 0.309 e. The molecule has 0 saturated heterocycles. The normalized spacial score (nSPS) is 11.5. The quantitative estimate of drug-likeness (QED) is 0.201. The van der Waals surface area contributed by atoms with Crippen LogP contribution in [0.2, 0.25) is 0 Å². The molecule has 0 aliphatic rings. The number of nitriles is 1. The molecule has 0 bridgehead atoms. The number of fused-ring (bicyclic) bond motifs is 6. The van der Waals surface area contributed by atoms with E-state index in [1.165, 1.54) is 21.8 Å². The maximum atomic E-state index is 9.37. The minimum atomic E-state index is 0.626. The van der Waals surface area contributed by atoms with Gasteiger partial charge in [0, 0.05) is 37.7 Å². The molecule has 0 atom stereocenters. The number of para-hydroxylation sites is 2. The van der Waals surface area contributed by atoms with Crippen LogP contribution in [-0.2, 0) is 0 Å². The van der Waals surface area contributed by atoms with E-state index < -0.39 is 0 Å². The van der Waals surface area contributed by atoms with Gasteiger partial charge in [-0.2, -0.15) is 5.26 Å². The van der Waals surface area contributed by atoms with Gasteiger partial charge in [-0.1, -0.05) is 97.1 Å². The standard InChI is InChI=1S/C41H24N4S/c42-25-26-17-19-27(20-18-26)38-40-39(44-41(43-38)28-9-2-1-3-10-28)34-24-30(21-22-37(34)46-40)29-11-8-12-31(23-29)45-35-15-6-4-13-32(35)33-14-5-7-16-36(33)45/h1-24H. The molecule has 3 aromatic heterocycles. The molecule has 0 fully saturated rings. The molecule has 0 unspecified atom stereocenters. The number of benzene rings is 6. The Labute approximate surface area is 269 Å². The Bertz CT molecular complexity index is 2590. The Balaban J connectivity index is 1.24. The first-order valence-electron chi connectivity index (χ1n) is 15.1. The summed E-state index contributed by atoms with van der Waals surface area (Å²) in [6.07, 6.45) is 0. The van der Waals surface area contributed by atoms with Crippen LogP contribution in [-0.4, -0.2) is 14.5 Å². The lowest BCUT2D eigenvalue weighted by atomic mass is 10.0. The van der Waals surface area contributed by atoms with Gasteiger partial charge in [-0.05, 0) is 59.7 Å². The molecule has 3 heterocycles. The van der Waals surface area contributed by atoms with E-state index in [1.54, 1.807) is 11.3 Å². The SMILES string of the molecule is N#Cc1ccc(-c2nc(-c3ccccc3)nc3c2sc2ccc(-c4cccc(-n5c6ccccc6c6ccccc65)c4)cc23)cc1. The lowest BCUT2D eigenvalue weighted by Gasteiger charge is -2.10. The van der Waals surface area contributed by atoms with E-state index >= 15 is 0 Å². The predicted octanol–water partition coefficient (Wildman–Crippen LogP) is 10.8. The van der Waals surface area contributed by atoms with E-state index in [0.717, 1.165) is 53.9 Å². The van der Waals surface area contributed by atoms with Crippen molar-refractivity contribution in [1.29, 1.82) is 5.26 Å². The summed E-state index contributed by atoms with van der Waals surface area (Å²) >= 11 is 1.71. The molecule has 0 radical (unpaired) electrons. The maximum absolute atomic E-state index is 9.37. The van der Waals surface area contributed by atoms with Gasteiger partial charge < -0.3 is 4.57 Å². The first-order chi connectivity index (χ1) is 22.7. The number of hydrogen-bond acceptors (Lipinski definition) is 4. The molecule has 46 heavy (non-hydrogen) atoms. The van der Waals surface area contributed by atoms with Gasteiger partial charge >= 0.3 is 0 Å². The van der Waals surface area contributed by atoms with Gasteiger partial charge in [0.05, 0.1) is 38.6 Å². The minimum absolute atomic E-state index is 0.626. The van der Waals surface area contributed by atoms with Crippen molar-refractivity contribution >= 4 is 53.4 Å². The Morgan fingerprint density at radius 2 is 1.20 bits per heavy atom. The highest BCUT2D eigenvalue weighted by Crippen LogP contribution is 2.41. The fourth-order valence-corrected chi connectivity index (χ4v) is 7.60. The van der Waals surface area contributed by atoms with Crippen LogP contribution in [0.5, 0.6) is 0 Å². The first-order valence-corrected chi connectivity index (χ1v) is 16.0. The Morgan fingerprint density at radius 1 is 0.543 bits per heavy atom. The average molecular weight is 605 g/mol. The molecule has 214 valence electrons. The van der Waals surface area contributed by atoms with Gasteiger partial charge in [-0.15, -0.1) is 11.3 Å². The summed E-state index contributed by atoms with van der Waals surface area (Å²) < 4.78 is 4.55. The van der Waals surface area contributed by atoms with Crippen molar-refractivity contribution in [2.24, 2.45) is 0 Å². The summed E-state index contributed by atoms with van der Waals surface area (Å²) in [5.74, 6) is 0.686. The number of thiophene rings is 1. The first kappa shape index (κ1) is 26.3. The summed E-state index contributed by atoms with van der Waals surface area (Å²) in [5, 5.41) is 13.0. The summed E-state index contributed by atoms with van der Waals surface area (Å²) in [6.45, 7) is 0. The number of aromatic nitrogens is 3. The van der Waals surface area contributed by atoms with Crippen LogP contribution >= 0.6 is 11.3 Å². The van der Waals surface area contributed by atoms with Crippen LogP contribution in [0.15, 0.2) is 146 Å². The molecular formula is C41H24N4S. The third-order valence-corrected chi connectivity index (χ3v) is 9.82. The van der Waals surface area contributed by atoms with Crippen molar-refractivity contribution in [3.05, 3.63) is 151 Å². The molecule has 4 nitrogen and oxygen atoms in total. The van der Waals surface area contributed by atoms with Crippen LogP contribution in [0.25, 0.3) is 81.6 Å². The molecule has 5 heteroatoms. The smallest absolute Gasteiger partial charge is 0.160 e. The molecule has 6 aromatic carbocycles. The van der Waals surface area contributed by atoms with Crippen molar-refractivity contribution in [3.63, 3.8) is 0 Å². The maximum Gasteiger partial charge on any atom is 0.160 e. The second kappa shape index (κ2) is 10.5. The number of rotatable bonds is 4. The van der Waals surface area contributed by atoms with E-state index in [2.05, 4.69) is 102 Å². The van der Waals surface area contributed by atoms with Gasteiger partial charge in [0.2, 0.25) is 0 Å². The monoisotopic (exact) mass is 604 g/mol. The second-order valence-electron chi connectivity index (χ2n) is 11.4. The van der Waals surface area contributed by atoms with Crippen molar-refractivity contribution in [2.75, 3.05) is 0 Å². The van der Waals surface area contributed by atoms with Crippen molar-refractivity contribution < 1.29 is 0 Å². The Hall–Kier alpha value is -6.09. The molecule has 0 N–H and O–H groups in total. The minimum Gasteiger partial charge on any atom is -0.309 e. The van der Waals surface area contributed by atoms with Gasteiger partial charge in [-0.25, -0.2) is 9.97 Å². The number of nitrogens with zero attached hydrogens (tertiary/aromatic N) is 4. The van der Waals surface area contributed by atoms with Crippen LogP contribution in [0.4, 0.5) is 0 Å². The molecule has 0 aliphatic heterocycles. The summed E-state index contributed by atoms with van der Waals surface area (Å²) in [7, 11) is 0. The lowest BCUT2D eigenvalue weighted by molar-refractivity contribution is 1.18. The third kappa shape index (κ3) is 4.20. The van der Waals surface area contributed by atoms with Gasteiger partial charge in [0.25, 0.3) is 0 Å². The van der Waals surface area contributed by atoms with Gasteiger partial charge in [0.15, 0.2) is 5.82 Å².